The number of carbonyl (C=O) groups is 2. The van der Waals surface area contributed by atoms with Crippen molar-refractivity contribution in [2.24, 2.45) is 0 Å². The fourth-order valence-electron chi connectivity index (χ4n) is 5.65. The highest BCUT2D eigenvalue weighted by Gasteiger charge is 2.35. The molecule has 1 amide bonds. The molecule has 0 aliphatic carbocycles. The molecule has 1 atom stereocenters. The number of carboxylic acid groups (broad SMARTS) is 1. The van der Waals surface area contributed by atoms with Crippen LogP contribution in [-0.4, -0.2) is 94.2 Å². The Bertz CT molecular complexity index is 1480. The molecule has 44 heavy (non-hydrogen) atoms. The van der Waals surface area contributed by atoms with Crippen molar-refractivity contribution in [3.8, 4) is 17.0 Å². The topological polar surface area (TPSA) is 124 Å². The van der Waals surface area contributed by atoms with Gasteiger partial charge in [-0.1, -0.05) is 18.3 Å². The Kier molecular flexibility index (Phi) is 9.65. The fraction of sp³-hybridized carbons (Fsp3) is 0.483. The van der Waals surface area contributed by atoms with Gasteiger partial charge in [0.2, 0.25) is 0 Å². The minimum absolute atomic E-state index is 0.0159. The molecule has 2 aliphatic rings. The molecule has 3 aromatic rings. The molecule has 5 rings (SSSR count). The van der Waals surface area contributed by atoms with Gasteiger partial charge in [-0.15, -0.1) is 0 Å². The lowest BCUT2D eigenvalue weighted by molar-refractivity contribution is -0.139. The Balaban J connectivity index is 1.35. The van der Waals surface area contributed by atoms with Crippen molar-refractivity contribution < 1.29 is 32.6 Å². The summed E-state index contributed by atoms with van der Waals surface area (Å²) in [4.78, 5) is 44.2. The number of alkyl halides is 3. The van der Waals surface area contributed by atoms with Crippen molar-refractivity contribution >= 4 is 34.2 Å². The zero-order chi connectivity index (χ0) is 31.4. The highest BCUT2D eigenvalue weighted by atomic mass is 32.1. The molecule has 2 N–H and O–H groups in total. The number of nitrogens with one attached hydrogen (secondary N) is 1. The van der Waals surface area contributed by atoms with Crippen LogP contribution in [0.2, 0.25) is 0 Å². The largest absolute Gasteiger partial charge is 0.496 e. The van der Waals surface area contributed by atoms with Gasteiger partial charge in [0.15, 0.2) is 5.13 Å². The molecule has 1 aromatic carbocycles. The first kappa shape index (κ1) is 31.6. The average molecular weight is 634 g/mol. The third-order valence-electron chi connectivity index (χ3n) is 7.94. The van der Waals surface area contributed by atoms with E-state index in [0.29, 0.717) is 50.3 Å². The third-order valence-corrected chi connectivity index (χ3v) is 8.89. The van der Waals surface area contributed by atoms with E-state index < -0.39 is 23.6 Å². The second-order valence-corrected chi connectivity index (χ2v) is 11.8. The highest BCUT2D eigenvalue weighted by molar-refractivity contribution is 7.16. The van der Waals surface area contributed by atoms with Crippen LogP contribution in [-0.2, 0) is 17.5 Å². The molecule has 0 saturated carbocycles. The normalized spacial score (nSPS) is 18.0. The molecule has 2 fully saturated rings. The molecule has 1 unspecified atom stereocenters. The maximum Gasteiger partial charge on any atom is 0.419 e. The number of benzene rings is 1. The van der Waals surface area contributed by atoms with Gasteiger partial charge in [0, 0.05) is 49.2 Å². The summed E-state index contributed by atoms with van der Waals surface area (Å²) in [5.41, 5.74) is -0.173. The van der Waals surface area contributed by atoms with Crippen LogP contribution in [0.5, 0.6) is 5.75 Å². The molecule has 4 heterocycles. The fourth-order valence-corrected chi connectivity index (χ4v) is 6.66. The number of likely N-dealkylation sites (tertiary alicyclic amines) is 1. The number of aliphatic carboxylic acids is 1. The van der Waals surface area contributed by atoms with Crippen LogP contribution in [0, 0.1) is 0 Å². The Morgan fingerprint density at radius 1 is 1.14 bits per heavy atom. The SMILES string of the molecule is CCC1CCCN1Cc1sc(NC(=O)c2cnc(N3CCN(CC(=O)O)CC3)cn2)nc1-c1ccc(OC)c(C(F)(F)F)c1. The van der Waals surface area contributed by atoms with Crippen LogP contribution in [0.4, 0.5) is 24.1 Å². The number of halogens is 3. The molecule has 236 valence electrons. The smallest absolute Gasteiger partial charge is 0.419 e. The Morgan fingerprint density at radius 3 is 2.55 bits per heavy atom. The first-order chi connectivity index (χ1) is 21.0. The van der Waals surface area contributed by atoms with Crippen LogP contribution in [0.25, 0.3) is 11.3 Å². The van der Waals surface area contributed by atoms with E-state index in [1.165, 1.54) is 36.9 Å². The van der Waals surface area contributed by atoms with Gasteiger partial charge in [-0.2, -0.15) is 13.2 Å². The summed E-state index contributed by atoms with van der Waals surface area (Å²) < 4.78 is 46.4. The predicted molar refractivity (Wildman–Crippen MR) is 159 cm³/mol. The molecule has 0 spiro atoms. The van der Waals surface area contributed by atoms with E-state index in [-0.39, 0.29) is 28.7 Å². The zero-order valence-corrected chi connectivity index (χ0v) is 25.2. The van der Waals surface area contributed by atoms with Crippen LogP contribution in [0.3, 0.4) is 0 Å². The van der Waals surface area contributed by atoms with Crippen molar-refractivity contribution in [1.29, 1.82) is 0 Å². The Morgan fingerprint density at radius 2 is 1.91 bits per heavy atom. The van der Waals surface area contributed by atoms with Crippen LogP contribution < -0.4 is 15.0 Å². The van der Waals surface area contributed by atoms with E-state index in [1.54, 1.807) is 6.07 Å². The van der Waals surface area contributed by atoms with Crippen molar-refractivity contribution in [3.05, 3.63) is 46.7 Å². The van der Waals surface area contributed by atoms with Gasteiger partial charge < -0.3 is 14.7 Å². The van der Waals surface area contributed by atoms with Gasteiger partial charge in [-0.3, -0.25) is 24.7 Å². The highest BCUT2D eigenvalue weighted by Crippen LogP contribution is 2.41. The van der Waals surface area contributed by atoms with Crippen molar-refractivity contribution in [2.45, 2.75) is 44.9 Å². The summed E-state index contributed by atoms with van der Waals surface area (Å²) in [7, 11) is 1.20. The molecular formula is C29H34F3N7O4S. The van der Waals surface area contributed by atoms with Gasteiger partial charge in [-0.25, -0.2) is 15.0 Å². The molecule has 0 bridgehead atoms. The lowest BCUT2D eigenvalue weighted by Crippen LogP contribution is -2.48. The Hall–Kier alpha value is -3.82. The molecule has 11 nitrogen and oxygen atoms in total. The number of methoxy groups -OCH3 is 1. The number of thiazole rings is 1. The van der Waals surface area contributed by atoms with Crippen molar-refractivity contribution in [3.63, 3.8) is 0 Å². The van der Waals surface area contributed by atoms with Gasteiger partial charge in [0.1, 0.15) is 17.3 Å². The number of anilines is 2. The van der Waals surface area contributed by atoms with Crippen LogP contribution >= 0.6 is 11.3 Å². The molecule has 2 aromatic heterocycles. The number of ether oxygens (including phenoxy) is 1. The first-order valence-corrected chi connectivity index (χ1v) is 15.2. The van der Waals surface area contributed by atoms with Gasteiger partial charge in [0.05, 0.1) is 37.3 Å². The molecular weight excluding hydrogens is 599 g/mol. The quantitative estimate of drug-likeness (QED) is 0.331. The lowest BCUT2D eigenvalue weighted by atomic mass is 10.1. The summed E-state index contributed by atoms with van der Waals surface area (Å²) in [6, 6.07) is 4.24. The molecule has 2 aliphatic heterocycles. The second-order valence-electron chi connectivity index (χ2n) is 10.7. The third kappa shape index (κ3) is 7.27. The second kappa shape index (κ2) is 13.4. The van der Waals surface area contributed by atoms with E-state index >= 15 is 0 Å². The predicted octanol–water partition coefficient (Wildman–Crippen LogP) is 4.46. The van der Waals surface area contributed by atoms with E-state index in [4.69, 9.17) is 9.84 Å². The number of carbonyl (C=O) groups excluding carboxylic acids is 1. The average Bonchev–Trinajstić information content (AvgIpc) is 3.63. The zero-order valence-electron chi connectivity index (χ0n) is 24.4. The molecule has 15 heteroatoms. The summed E-state index contributed by atoms with van der Waals surface area (Å²) >= 11 is 1.23. The van der Waals surface area contributed by atoms with Gasteiger partial charge >= 0.3 is 12.1 Å². The molecule has 2 saturated heterocycles. The van der Waals surface area contributed by atoms with E-state index in [9.17, 15) is 22.8 Å². The maximum absolute atomic E-state index is 13.8. The van der Waals surface area contributed by atoms with Gasteiger partial charge in [0.25, 0.3) is 5.91 Å². The van der Waals surface area contributed by atoms with Crippen LogP contribution in [0.15, 0.2) is 30.6 Å². The minimum atomic E-state index is -4.62. The number of amides is 1. The number of aromatic nitrogens is 3. The summed E-state index contributed by atoms with van der Waals surface area (Å²) in [6.07, 6.45) is 1.30. The monoisotopic (exact) mass is 633 g/mol. The minimum Gasteiger partial charge on any atom is -0.496 e. The van der Waals surface area contributed by atoms with E-state index in [0.717, 1.165) is 36.8 Å². The van der Waals surface area contributed by atoms with Crippen molar-refractivity contribution in [1.82, 2.24) is 24.8 Å². The number of carboxylic acids is 1. The van der Waals surface area contributed by atoms with Gasteiger partial charge in [-0.05, 0) is 44.0 Å². The van der Waals surface area contributed by atoms with E-state index in [2.05, 4.69) is 32.1 Å². The first-order valence-electron chi connectivity index (χ1n) is 14.4. The Labute approximate surface area is 256 Å². The summed E-state index contributed by atoms with van der Waals surface area (Å²) in [6.45, 7) is 5.78. The number of hydrogen-bond acceptors (Lipinski definition) is 10. The lowest BCUT2D eigenvalue weighted by Gasteiger charge is -2.34. The molecule has 0 radical (unpaired) electrons. The summed E-state index contributed by atoms with van der Waals surface area (Å²) in [5.74, 6) is -1.11. The number of hydrogen-bond donors (Lipinski definition) is 2. The maximum atomic E-state index is 13.8. The van der Waals surface area contributed by atoms with Crippen LogP contribution in [0.1, 0.15) is 47.1 Å². The number of piperazine rings is 1. The van der Waals surface area contributed by atoms with Crippen molar-refractivity contribution in [2.75, 3.05) is 56.6 Å². The number of nitrogens with zero attached hydrogens (tertiary/aromatic N) is 6. The number of rotatable bonds is 10. The van der Waals surface area contributed by atoms with E-state index in [1.807, 2.05) is 9.80 Å². The standard InChI is InChI=1S/C29H34F3N7O4S/c1-3-19-5-4-8-39(19)16-23-26(18-6-7-22(43-2)20(13-18)29(30,31)32)35-28(44-23)36-27(42)21-14-34-24(15-33-21)38-11-9-37(10-12-38)17-25(40)41/h6-7,13-15,19H,3-5,8-12,16-17H2,1-2H3,(H,40,41)(H,35,36,42). The summed E-state index contributed by atoms with van der Waals surface area (Å²) in [5, 5.41) is 12.0.